The highest BCUT2D eigenvalue weighted by molar-refractivity contribution is 7.91. The smallest absolute Gasteiger partial charge is 0.180 e. The maximum absolute atomic E-state index is 12.1. The van der Waals surface area contributed by atoms with Crippen LogP contribution in [0.3, 0.4) is 0 Å². The minimum absolute atomic E-state index is 0.0293. The number of aliphatic hydroxyl groups excluding tert-OH is 1. The molecule has 1 heterocycles. The number of aromatic nitrogens is 1. The van der Waals surface area contributed by atoms with Gasteiger partial charge in [-0.15, -0.1) is 0 Å². The van der Waals surface area contributed by atoms with Gasteiger partial charge in [0.15, 0.2) is 9.84 Å². The van der Waals surface area contributed by atoms with Crippen LogP contribution in [0.5, 0.6) is 0 Å². The van der Waals surface area contributed by atoms with Gasteiger partial charge in [0, 0.05) is 18.9 Å². The van der Waals surface area contributed by atoms with Crippen molar-refractivity contribution in [3.63, 3.8) is 0 Å². The Labute approximate surface area is 117 Å². The van der Waals surface area contributed by atoms with Crippen LogP contribution in [-0.2, 0) is 23.0 Å². The van der Waals surface area contributed by atoms with Gasteiger partial charge in [-0.25, -0.2) is 8.42 Å². The minimum Gasteiger partial charge on any atom is -0.392 e. The summed E-state index contributed by atoms with van der Waals surface area (Å²) in [5, 5.41) is 17.6. The number of aryl methyl sites for hydroxylation is 1. The molecule has 2 rings (SSSR count). The predicted molar refractivity (Wildman–Crippen MR) is 73.6 cm³/mol. The summed E-state index contributed by atoms with van der Waals surface area (Å²) in [6, 6.07) is 9.57. The third-order valence-corrected chi connectivity index (χ3v) is 4.67. The van der Waals surface area contributed by atoms with Crippen molar-refractivity contribution >= 4 is 9.84 Å². The van der Waals surface area contributed by atoms with Crippen LogP contribution in [-0.4, -0.2) is 23.8 Å². The Bertz CT molecular complexity index is 725. The Morgan fingerprint density at radius 2 is 1.90 bits per heavy atom. The largest absolute Gasteiger partial charge is 0.392 e. The number of sulfone groups is 1. The first-order valence-electron chi connectivity index (χ1n) is 6.03. The number of rotatable bonds is 5. The molecule has 0 aliphatic carbocycles. The van der Waals surface area contributed by atoms with Crippen molar-refractivity contribution in [2.75, 3.05) is 5.75 Å². The number of nitriles is 1. The van der Waals surface area contributed by atoms with E-state index in [1.54, 1.807) is 23.0 Å². The van der Waals surface area contributed by atoms with E-state index in [-0.39, 0.29) is 17.3 Å². The molecule has 0 aliphatic heterocycles. The first-order chi connectivity index (χ1) is 9.55. The van der Waals surface area contributed by atoms with Crippen molar-refractivity contribution < 1.29 is 13.5 Å². The molecule has 0 saturated heterocycles. The predicted octanol–water partition coefficient (Wildman–Crippen LogP) is 1.33. The number of aliphatic hydroxyl groups is 1. The van der Waals surface area contributed by atoms with Gasteiger partial charge in [-0.1, -0.05) is 0 Å². The van der Waals surface area contributed by atoms with Crippen LogP contribution in [0.2, 0.25) is 0 Å². The van der Waals surface area contributed by atoms with Gasteiger partial charge in [0.05, 0.1) is 28.9 Å². The van der Waals surface area contributed by atoms with Crippen molar-refractivity contribution in [2.24, 2.45) is 0 Å². The van der Waals surface area contributed by atoms with E-state index in [1.165, 1.54) is 24.3 Å². The number of nitrogens with zero attached hydrogens (tertiary/aromatic N) is 2. The lowest BCUT2D eigenvalue weighted by Gasteiger charge is -2.05. The fourth-order valence-corrected chi connectivity index (χ4v) is 3.04. The van der Waals surface area contributed by atoms with Gasteiger partial charge >= 0.3 is 0 Å². The zero-order valence-corrected chi connectivity index (χ0v) is 11.5. The molecule has 0 amide bonds. The molecular weight excluding hydrogens is 276 g/mol. The van der Waals surface area contributed by atoms with Gasteiger partial charge in [-0.3, -0.25) is 0 Å². The summed E-state index contributed by atoms with van der Waals surface area (Å²) in [6.45, 7) is 0.262. The summed E-state index contributed by atoms with van der Waals surface area (Å²) in [5.74, 6) is -0.0293. The van der Waals surface area contributed by atoms with Crippen LogP contribution in [0.15, 0.2) is 47.6 Å². The van der Waals surface area contributed by atoms with Gasteiger partial charge < -0.3 is 9.67 Å². The molecule has 1 N–H and O–H groups in total. The number of hydrogen-bond donors (Lipinski definition) is 1. The first kappa shape index (κ1) is 14.3. The summed E-state index contributed by atoms with van der Waals surface area (Å²) in [7, 11) is -3.37. The molecule has 1 aromatic heterocycles. The van der Waals surface area contributed by atoms with E-state index in [9.17, 15) is 8.42 Å². The van der Waals surface area contributed by atoms with Gasteiger partial charge in [-0.2, -0.15) is 5.26 Å². The Morgan fingerprint density at radius 3 is 2.45 bits per heavy atom. The molecule has 6 heteroatoms. The Morgan fingerprint density at radius 1 is 1.20 bits per heavy atom. The van der Waals surface area contributed by atoms with Crippen LogP contribution in [0.4, 0.5) is 0 Å². The fourth-order valence-electron chi connectivity index (χ4n) is 1.80. The van der Waals surface area contributed by atoms with Crippen molar-refractivity contribution in [3.05, 3.63) is 53.9 Å². The van der Waals surface area contributed by atoms with Gasteiger partial charge in [-0.05, 0) is 35.9 Å². The number of hydrogen-bond acceptors (Lipinski definition) is 4. The Balaban J connectivity index is 2.08. The standard InChI is InChI=1S/C14H14N2O3S/c15-9-12-1-3-14(4-2-12)20(18,19)8-7-16-6-5-13(10-16)11-17/h1-6,10,17H,7-8,11H2. The molecule has 2 aromatic rings. The summed E-state index contributed by atoms with van der Waals surface area (Å²) in [4.78, 5) is 0.214. The van der Waals surface area contributed by atoms with E-state index in [1.807, 2.05) is 6.07 Å². The fraction of sp³-hybridized carbons (Fsp3) is 0.214. The topological polar surface area (TPSA) is 83.1 Å². The van der Waals surface area contributed by atoms with Crippen LogP contribution >= 0.6 is 0 Å². The molecule has 0 unspecified atom stereocenters. The molecule has 0 aliphatic rings. The van der Waals surface area contributed by atoms with Gasteiger partial charge in [0.1, 0.15) is 0 Å². The van der Waals surface area contributed by atoms with Crippen molar-refractivity contribution in [3.8, 4) is 6.07 Å². The molecule has 0 atom stereocenters. The molecule has 1 aromatic carbocycles. The highest BCUT2D eigenvalue weighted by atomic mass is 32.2. The van der Waals surface area contributed by atoms with Crippen molar-refractivity contribution in [1.29, 1.82) is 5.26 Å². The molecular formula is C14H14N2O3S. The SMILES string of the molecule is N#Cc1ccc(S(=O)(=O)CCn2ccc(CO)c2)cc1. The van der Waals surface area contributed by atoms with Crippen molar-refractivity contribution in [1.82, 2.24) is 4.57 Å². The van der Waals surface area contributed by atoms with E-state index in [0.717, 1.165) is 5.56 Å². The van der Waals surface area contributed by atoms with E-state index in [0.29, 0.717) is 12.1 Å². The summed E-state index contributed by atoms with van der Waals surface area (Å²) in [6.07, 6.45) is 3.45. The summed E-state index contributed by atoms with van der Waals surface area (Å²) < 4.78 is 26.0. The molecule has 0 bridgehead atoms. The van der Waals surface area contributed by atoms with E-state index >= 15 is 0 Å². The summed E-state index contributed by atoms with van der Waals surface area (Å²) in [5.41, 5.74) is 1.18. The quantitative estimate of drug-likeness (QED) is 0.900. The van der Waals surface area contributed by atoms with E-state index in [4.69, 9.17) is 10.4 Å². The first-order valence-corrected chi connectivity index (χ1v) is 7.69. The van der Waals surface area contributed by atoms with Crippen LogP contribution in [0.1, 0.15) is 11.1 Å². The van der Waals surface area contributed by atoms with Crippen molar-refractivity contribution in [2.45, 2.75) is 18.0 Å². The molecule has 104 valence electrons. The molecule has 0 radical (unpaired) electrons. The highest BCUT2D eigenvalue weighted by Gasteiger charge is 2.14. The second-order valence-electron chi connectivity index (χ2n) is 4.37. The monoisotopic (exact) mass is 290 g/mol. The Kier molecular flexibility index (Phi) is 4.23. The maximum atomic E-state index is 12.1. The second-order valence-corrected chi connectivity index (χ2v) is 6.48. The lowest BCUT2D eigenvalue weighted by molar-refractivity contribution is 0.281. The van der Waals surface area contributed by atoms with Crippen LogP contribution < -0.4 is 0 Å². The Hall–Kier alpha value is -2.10. The average molecular weight is 290 g/mol. The molecule has 20 heavy (non-hydrogen) atoms. The minimum atomic E-state index is -3.37. The van der Waals surface area contributed by atoms with Gasteiger partial charge in [0.25, 0.3) is 0 Å². The maximum Gasteiger partial charge on any atom is 0.180 e. The number of benzene rings is 1. The molecule has 0 spiro atoms. The van der Waals surface area contributed by atoms with Crippen LogP contribution in [0, 0.1) is 11.3 Å². The second kappa shape index (κ2) is 5.90. The molecule has 0 fully saturated rings. The van der Waals surface area contributed by atoms with Crippen LogP contribution in [0.25, 0.3) is 0 Å². The zero-order valence-electron chi connectivity index (χ0n) is 10.7. The third kappa shape index (κ3) is 3.26. The van der Waals surface area contributed by atoms with Gasteiger partial charge in [0.2, 0.25) is 0 Å². The average Bonchev–Trinajstić information content (AvgIpc) is 2.93. The van der Waals surface area contributed by atoms with E-state index in [2.05, 4.69) is 0 Å². The third-order valence-electron chi connectivity index (χ3n) is 2.96. The highest BCUT2D eigenvalue weighted by Crippen LogP contribution is 2.13. The zero-order chi connectivity index (χ0) is 14.6. The molecule has 0 saturated carbocycles. The van der Waals surface area contributed by atoms with E-state index < -0.39 is 9.84 Å². The normalized spacial score (nSPS) is 11.2. The molecule has 5 nitrogen and oxygen atoms in total. The lowest BCUT2D eigenvalue weighted by Crippen LogP contribution is -2.12. The summed E-state index contributed by atoms with van der Waals surface area (Å²) >= 11 is 0. The lowest BCUT2D eigenvalue weighted by atomic mass is 10.2.